The van der Waals surface area contributed by atoms with Crippen LogP contribution in [-0.4, -0.2) is 31.0 Å². The van der Waals surface area contributed by atoms with Gasteiger partial charge in [0.25, 0.3) is 0 Å². The van der Waals surface area contributed by atoms with E-state index >= 15 is 0 Å². The van der Waals surface area contributed by atoms with E-state index in [4.69, 9.17) is 9.47 Å². The Balaban J connectivity index is 2.06. The average Bonchev–Trinajstić information content (AvgIpc) is 2.55. The summed E-state index contributed by atoms with van der Waals surface area (Å²) >= 11 is 0. The molecule has 0 saturated heterocycles. The van der Waals surface area contributed by atoms with Crippen LogP contribution in [0.15, 0.2) is 18.2 Å². The summed E-state index contributed by atoms with van der Waals surface area (Å²) < 4.78 is 10.7. The highest BCUT2D eigenvalue weighted by Gasteiger charge is 2.34. The zero-order valence-electron chi connectivity index (χ0n) is 13.1. The smallest absolute Gasteiger partial charge is 0.168 e. The van der Waals surface area contributed by atoms with Crippen LogP contribution in [0.1, 0.15) is 22.7 Å². The molecule has 1 heterocycles. The Labute approximate surface area is 134 Å². The third-order valence-electron chi connectivity index (χ3n) is 4.82. The maximum Gasteiger partial charge on any atom is 0.168 e. The molecule has 3 N–H and O–H groups in total. The zero-order valence-corrected chi connectivity index (χ0v) is 13.1. The molecule has 2 aromatic carbocycles. The van der Waals surface area contributed by atoms with Crippen molar-refractivity contribution in [2.24, 2.45) is 0 Å². The molecular weight excluding hydrogens is 294 g/mol. The number of hydrogen-bond donors (Lipinski definition) is 3. The molecule has 0 aromatic heterocycles. The fourth-order valence-electron chi connectivity index (χ4n) is 3.85. The second-order valence-corrected chi connectivity index (χ2v) is 6.02. The second kappa shape index (κ2) is 5.06. The van der Waals surface area contributed by atoms with Gasteiger partial charge in [-0.1, -0.05) is 0 Å². The van der Waals surface area contributed by atoms with Gasteiger partial charge in [0.15, 0.2) is 23.0 Å². The minimum atomic E-state index is 0.0904. The summed E-state index contributed by atoms with van der Waals surface area (Å²) in [6.45, 7) is 0.882. The SMILES string of the molecule is COc1cc2c(cc1O)-c1c(OC)c(O)cc3c1[C@H](C2)NCC3. The summed E-state index contributed by atoms with van der Waals surface area (Å²) in [6, 6.07) is 5.56. The standard InChI is InChI=1S/C18H19NO4/c1-22-15-7-10-5-12-16-9(3-4-19-12)6-14(21)18(23-2)17(16)11(10)8-13(15)20/h6-8,12,19-21H,3-5H2,1-2H3/t12-/m0/s1. The molecule has 2 aliphatic rings. The third-order valence-corrected chi connectivity index (χ3v) is 4.82. The first kappa shape index (κ1) is 14.2. The van der Waals surface area contributed by atoms with Crippen LogP contribution in [0, 0.1) is 0 Å². The van der Waals surface area contributed by atoms with E-state index in [9.17, 15) is 10.2 Å². The van der Waals surface area contributed by atoms with Crippen molar-refractivity contribution in [3.8, 4) is 34.1 Å². The molecule has 4 rings (SSSR count). The number of hydrogen-bond acceptors (Lipinski definition) is 5. The minimum absolute atomic E-state index is 0.0904. The number of aromatic hydroxyl groups is 2. The summed E-state index contributed by atoms with van der Waals surface area (Å²) in [5.41, 5.74) is 5.15. The van der Waals surface area contributed by atoms with Crippen LogP contribution in [0.25, 0.3) is 11.1 Å². The minimum Gasteiger partial charge on any atom is -0.504 e. The van der Waals surface area contributed by atoms with Gasteiger partial charge in [0.05, 0.1) is 14.2 Å². The topological polar surface area (TPSA) is 71.0 Å². The van der Waals surface area contributed by atoms with Gasteiger partial charge in [-0.2, -0.15) is 0 Å². The fraction of sp³-hybridized carbons (Fsp3) is 0.333. The summed E-state index contributed by atoms with van der Waals surface area (Å²) in [7, 11) is 3.10. The highest BCUT2D eigenvalue weighted by atomic mass is 16.5. The first-order valence-corrected chi connectivity index (χ1v) is 7.70. The van der Waals surface area contributed by atoms with E-state index in [2.05, 4.69) is 5.32 Å². The van der Waals surface area contributed by atoms with Crippen LogP contribution in [0.3, 0.4) is 0 Å². The van der Waals surface area contributed by atoms with Crippen LogP contribution < -0.4 is 14.8 Å². The van der Waals surface area contributed by atoms with Gasteiger partial charge in [-0.15, -0.1) is 0 Å². The Hall–Kier alpha value is -2.40. The largest absolute Gasteiger partial charge is 0.504 e. The Morgan fingerprint density at radius 1 is 1.04 bits per heavy atom. The summed E-state index contributed by atoms with van der Waals surface area (Å²) in [6.07, 6.45) is 1.69. The monoisotopic (exact) mass is 313 g/mol. The Bertz CT molecular complexity index is 800. The number of fused-ring (bicyclic) bond motifs is 2. The summed E-state index contributed by atoms with van der Waals surface area (Å²) in [4.78, 5) is 0. The van der Waals surface area contributed by atoms with Crippen LogP contribution in [0.2, 0.25) is 0 Å². The molecule has 0 amide bonds. The van der Waals surface area contributed by atoms with Crippen LogP contribution in [0.4, 0.5) is 0 Å². The molecule has 120 valence electrons. The predicted molar refractivity (Wildman–Crippen MR) is 86.5 cm³/mol. The summed E-state index contributed by atoms with van der Waals surface area (Å²) in [5.74, 6) is 1.16. The van der Waals surface area contributed by atoms with E-state index < -0.39 is 0 Å². The lowest BCUT2D eigenvalue weighted by Crippen LogP contribution is -2.33. The molecular formula is C18H19NO4. The van der Waals surface area contributed by atoms with Crippen molar-refractivity contribution >= 4 is 0 Å². The highest BCUT2D eigenvalue weighted by Crippen LogP contribution is 2.52. The molecule has 5 nitrogen and oxygen atoms in total. The fourth-order valence-corrected chi connectivity index (χ4v) is 3.85. The first-order chi connectivity index (χ1) is 11.1. The van der Waals surface area contributed by atoms with E-state index in [0.717, 1.165) is 41.6 Å². The molecule has 5 heteroatoms. The average molecular weight is 313 g/mol. The lowest BCUT2D eigenvalue weighted by Gasteiger charge is -2.35. The van der Waals surface area contributed by atoms with Gasteiger partial charge in [-0.3, -0.25) is 0 Å². The van der Waals surface area contributed by atoms with Crippen molar-refractivity contribution in [2.45, 2.75) is 18.9 Å². The number of benzene rings is 2. The molecule has 1 aliphatic carbocycles. The van der Waals surface area contributed by atoms with Crippen LogP contribution in [0.5, 0.6) is 23.0 Å². The Morgan fingerprint density at radius 3 is 2.61 bits per heavy atom. The lowest BCUT2D eigenvalue weighted by molar-refractivity contribution is 0.368. The van der Waals surface area contributed by atoms with Crippen molar-refractivity contribution in [1.29, 1.82) is 0 Å². The molecule has 0 spiro atoms. The van der Waals surface area contributed by atoms with Crippen molar-refractivity contribution < 1.29 is 19.7 Å². The maximum atomic E-state index is 10.4. The van der Waals surface area contributed by atoms with E-state index in [1.54, 1.807) is 26.4 Å². The molecule has 0 fully saturated rings. The van der Waals surface area contributed by atoms with Gasteiger partial charge >= 0.3 is 0 Å². The van der Waals surface area contributed by atoms with Gasteiger partial charge in [0, 0.05) is 11.6 Å². The van der Waals surface area contributed by atoms with E-state index in [1.165, 1.54) is 5.56 Å². The number of nitrogens with one attached hydrogen (secondary N) is 1. The number of methoxy groups -OCH3 is 2. The van der Waals surface area contributed by atoms with Crippen LogP contribution in [-0.2, 0) is 12.8 Å². The van der Waals surface area contributed by atoms with Gasteiger partial charge in [-0.25, -0.2) is 0 Å². The van der Waals surface area contributed by atoms with E-state index in [-0.39, 0.29) is 17.5 Å². The van der Waals surface area contributed by atoms with Crippen molar-refractivity contribution in [2.75, 3.05) is 20.8 Å². The number of phenolic OH excluding ortho intramolecular Hbond substituents is 2. The lowest BCUT2D eigenvalue weighted by atomic mass is 9.77. The molecule has 2 aromatic rings. The third kappa shape index (κ3) is 1.96. The number of phenols is 2. The highest BCUT2D eigenvalue weighted by molar-refractivity contribution is 5.84. The van der Waals surface area contributed by atoms with Gasteiger partial charge < -0.3 is 25.0 Å². The Morgan fingerprint density at radius 2 is 1.87 bits per heavy atom. The molecule has 0 bridgehead atoms. The van der Waals surface area contributed by atoms with Gasteiger partial charge in [0.2, 0.25) is 0 Å². The predicted octanol–water partition coefficient (Wildman–Crippen LogP) is 2.52. The summed E-state index contributed by atoms with van der Waals surface area (Å²) in [5, 5.41) is 24.1. The molecule has 23 heavy (non-hydrogen) atoms. The molecule has 1 aliphatic heterocycles. The van der Waals surface area contributed by atoms with Crippen molar-refractivity contribution in [1.82, 2.24) is 5.32 Å². The molecule has 0 saturated carbocycles. The van der Waals surface area contributed by atoms with Crippen molar-refractivity contribution in [3.05, 3.63) is 34.9 Å². The normalized spacial score (nSPS) is 18.1. The van der Waals surface area contributed by atoms with Crippen molar-refractivity contribution in [3.63, 3.8) is 0 Å². The van der Waals surface area contributed by atoms with E-state index in [0.29, 0.717) is 11.5 Å². The number of ether oxygens (including phenoxy) is 2. The quantitative estimate of drug-likeness (QED) is 0.795. The second-order valence-electron chi connectivity index (χ2n) is 6.02. The number of rotatable bonds is 2. The van der Waals surface area contributed by atoms with Gasteiger partial charge in [-0.05, 0) is 59.8 Å². The van der Waals surface area contributed by atoms with E-state index in [1.807, 2.05) is 6.07 Å². The Kier molecular flexibility index (Phi) is 3.13. The van der Waals surface area contributed by atoms with Crippen LogP contribution >= 0.6 is 0 Å². The zero-order chi connectivity index (χ0) is 16.1. The molecule has 0 radical (unpaired) electrons. The van der Waals surface area contributed by atoms with Gasteiger partial charge in [0.1, 0.15) is 0 Å². The first-order valence-electron chi connectivity index (χ1n) is 7.70. The molecule has 1 atom stereocenters. The maximum absolute atomic E-state index is 10.4. The molecule has 0 unspecified atom stereocenters.